The lowest BCUT2D eigenvalue weighted by Crippen LogP contribution is -2.24. The van der Waals surface area contributed by atoms with Gasteiger partial charge in [0.2, 0.25) is 5.78 Å². The van der Waals surface area contributed by atoms with Gasteiger partial charge >= 0.3 is 6.18 Å². The number of carbonyl (C=O) groups is 2. The number of ketones is 1. The highest BCUT2D eigenvalue weighted by molar-refractivity contribution is 8.13. The van der Waals surface area contributed by atoms with Crippen LogP contribution in [0.5, 0.6) is 0 Å². The molecular weight excluding hydrogens is 205 g/mol. The Bertz CT molecular complexity index is 222. The molecule has 0 N–H and O–H groups in total. The minimum absolute atomic E-state index is 0.212. The smallest absolute Gasteiger partial charge is 0.289 e. The van der Waals surface area contributed by atoms with Crippen molar-refractivity contribution in [2.24, 2.45) is 0 Å². The topological polar surface area (TPSA) is 34.1 Å². The van der Waals surface area contributed by atoms with E-state index in [1.165, 1.54) is 6.08 Å². The molecule has 0 atom stereocenters. The maximum absolute atomic E-state index is 11.6. The molecule has 0 heterocycles. The molecule has 0 unspecified atom stereocenters. The van der Waals surface area contributed by atoms with Crippen LogP contribution < -0.4 is 0 Å². The molecule has 0 aromatic rings. The molecule has 0 aliphatic heterocycles. The van der Waals surface area contributed by atoms with Gasteiger partial charge in [-0.05, 0) is 0 Å². The molecule has 2 nitrogen and oxygen atoms in total. The Labute approximate surface area is 77.2 Å². The van der Waals surface area contributed by atoms with Gasteiger partial charge in [0, 0.05) is 5.75 Å². The van der Waals surface area contributed by atoms with E-state index >= 15 is 0 Å². The van der Waals surface area contributed by atoms with Crippen molar-refractivity contribution in [2.75, 3.05) is 5.75 Å². The Balaban J connectivity index is 3.93. The summed E-state index contributed by atoms with van der Waals surface area (Å²) in [4.78, 5) is 20.9. The maximum Gasteiger partial charge on any atom is 0.450 e. The Kier molecular flexibility index (Phi) is 4.76. The summed E-state index contributed by atoms with van der Waals surface area (Å²) in [6, 6.07) is 0. The highest BCUT2D eigenvalue weighted by Gasteiger charge is 2.38. The maximum atomic E-state index is 11.6. The van der Waals surface area contributed by atoms with Crippen molar-refractivity contribution in [3.05, 3.63) is 12.7 Å². The van der Waals surface area contributed by atoms with Crippen LogP contribution in [0.1, 0.15) is 6.42 Å². The van der Waals surface area contributed by atoms with Crippen molar-refractivity contribution in [3.63, 3.8) is 0 Å². The van der Waals surface area contributed by atoms with E-state index in [-0.39, 0.29) is 5.75 Å². The van der Waals surface area contributed by atoms with E-state index in [0.29, 0.717) is 11.8 Å². The first kappa shape index (κ1) is 12.2. The Hall–Kier alpha value is -0.780. The third kappa shape index (κ3) is 5.46. The molecule has 0 aliphatic carbocycles. The lowest BCUT2D eigenvalue weighted by molar-refractivity contribution is -0.171. The van der Waals surface area contributed by atoms with Crippen LogP contribution in [0.3, 0.4) is 0 Å². The fourth-order valence-electron chi connectivity index (χ4n) is 0.434. The van der Waals surface area contributed by atoms with Crippen LogP contribution in [0, 0.1) is 0 Å². The Morgan fingerprint density at radius 2 is 1.92 bits per heavy atom. The predicted octanol–water partition coefficient (Wildman–Crippen LogP) is 1.95. The average Bonchev–Trinajstić information content (AvgIpc) is 1.99. The zero-order valence-corrected chi connectivity index (χ0v) is 7.37. The van der Waals surface area contributed by atoms with E-state index in [0.717, 1.165) is 0 Å². The van der Waals surface area contributed by atoms with E-state index in [9.17, 15) is 22.8 Å². The normalized spacial score (nSPS) is 11.0. The van der Waals surface area contributed by atoms with Crippen molar-refractivity contribution >= 4 is 22.7 Å². The second-order valence-electron chi connectivity index (χ2n) is 2.07. The predicted molar refractivity (Wildman–Crippen MR) is 43.3 cm³/mol. The third-order valence-electron chi connectivity index (χ3n) is 0.983. The van der Waals surface area contributed by atoms with Gasteiger partial charge in [-0.25, -0.2) is 0 Å². The average molecular weight is 212 g/mol. The number of rotatable bonds is 4. The highest BCUT2D eigenvalue weighted by atomic mass is 32.2. The zero-order chi connectivity index (χ0) is 10.5. The van der Waals surface area contributed by atoms with Crippen molar-refractivity contribution in [1.29, 1.82) is 0 Å². The van der Waals surface area contributed by atoms with Crippen molar-refractivity contribution < 1.29 is 22.8 Å². The molecule has 6 heteroatoms. The van der Waals surface area contributed by atoms with Gasteiger partial charge in [0.15, 0.2) is 5.12 Å². The number of carbonyl (C=O) groups excluding carboxylic acids is 2. The Morgan fingerprint density at radius 1 is 1.38 bits per heavy atom. The molecule has 0 radical (unpaired) electrons. The van der Waals surface area contributed by atoms with Crippen molar-refractivity contribution in [2.45, 2.75) is 12.6 Å². The summed E-state index contributed by atoms with van der Waals surface area (Å²) in [5.74, 6) is -1.79. The molecule has 0 aromatic carbocycles. The first-order valence-electron chi connectivity index (χ1n) is 3.24. The van der Waals surface area contributed by atoms with E-state index < -0.39 is 23.5 Å². The van der Waals surface area contributed by atoms with Crippen LogP contribution in [-0.2, 0) is 9.59 Å². The minimum Gasteiger partial charge on any atom is -0.289 e. The fourth-order valence-corrected chi connectivity index (χ4v) is 0.971. The molecular formula is C7H7F3O2S. The molecule has 0 bridgehead atoms. The summed E-state index contributed by atoms with van der Waals surface area (Å²) in [7, 11) is 0. The largest absolute Gasteiger partial charge is 0.450 e. The molecule has 0 saturated carbocycles. The van der Waals surface area contributed by atoms with Gasteiger partial charge in [-0.15, -0.1) is 6.58 Å². The van der Waals surface area contributed by atoms with Gasteiger partial charge in [-0.3, -0.25) is 9.59 Å². The first-order chi connectivity index (χ1) is 5.88. The van der Waals surface area contributed by atoms with Crippen LogP contribution in [0.15, 0.2) is 12.7 Å². The van der Waals surface area contributed by atoms with Crippen LogP contribution in [-0.4, -0.2) is 22.8 Å². The summed E-state index contributed by atoms with van der Waals surface area (Å²) >= 11 is 0.643. The molecule has 0 saturated heterocycles. The zero-order valence-electron chi connectivity index (χ0n) is 6.56. The molecule has 0 rings (SSSR count). The number of Topliss-reactive ketones (excluding diaryl/α,β-unsaturated/α-hetero) is 1. The van der Waals surface area contributed by atoms with Gasteiger partial charge in [-0.2, -0.15) is 13.2 Å². The summed E-state index contributed by atoms with van der Waals surface area (Å²) in [6.45, 7) is 3.28. The molecule has 0 aliphatic rings. The molecule has 0 fully saturated rings. The second kappa shape index (κ2) is 5.06. The number of alkyl halides is 3. The van der Waals surface area contributed by atoms with Crippen LogP contribution >= 0.6 is 11.8 Å². The second-order valence-corrected chi connectivity index (χ2v) is 3.15. The first-order valence-corrected chi connectivity index (χ1v) is 4.23. The summed E-state index contributed by atoms with van der Waals surface area (Å²) in [5, 5.41) is -0.790. The van der Waals surface area contributed by atoms with Gasteiger partial charge in [0.25, 0.3) is 0 Å². The monoisotopic (exact) mass is 212 g/mol. The molecule has 0 amide bonds. The lowest BCUT2D eigenvalue weighted by Gasteiger charge is -2.02. The lowest BCUT2D eigenvalue weighted by atomic mass is 10.3. The quantitative estimate of drug-likeness (QED) is 0.527. The number of hydrogen-bond acceptors (Lipinski definition) is 3. The van der Waals surface area contributed by atoms with Gasteiger partial charge in [0.1, 0.15) is 0 Å². The number of thioether (sulfide) groups is 1. The molecule has 0 aromatic heterocycles. The molecule has 0 spiro atoms. The fraction of sp³-hybridized carbons (Fsp3) is 0.429. The van der Waals surface area contributed by atoms with Gasteiger partial charge in [-0.1, -0.05) is 17.8 Å². The Morgan fingerprint density at radius 3 is 2.31 bits per heavy atom. The van der Waals surface area contributed by atoms with Crippen LogP contribution in [0.4, 0.5) is 13.2 Å². The summed E-state index contributed by atoms with van der Waals surface area (Å²) in [5.41, 5.74) is 0. The van der Waals surface area contributed by atoms with E-state index in [1.807, 2.05) is 0 Å². The minimum atomic E-state index is -4.91. The SMILES string of the molecule is C=CCSC(=O)CC(=O)C(F)(F)F. The van der Waals surface area contributed by atoms with Gasteiger partial charge < -0.3 is 0 Å². The van der Waals surface area contributed by atoms with E-state index in [2.05, 4.69) is 6.58 Å². The van der Waals surface area contributed by atoms with Crippen LogP contribution in [0.2, 0.25) is 0 Å². The van der Waals surface area contributed by atoms with E-state index in [1.54, 1.807) is 0 Å². The van der Waals surface area contributed by atoms with Crippen molar-refractivity contribution in [3.8, 4) is 0 Å². The third-order valence-corrected chi connectivity index (χ3v) is 1.85. The summed E-state index contributed by atoms with van der Waals surface area (Å²) < 4.78 is 34.8. The van der Waals surface area contributed by atoms with Crippen LogP contribution in [0.25, 0.3) is 0 Å². The molecule has 74 valence electrons. The van der Waals surface area contributed by atoms with E-state index in [4.69, 9.17) is 0 Å². The van der Waals surface area contributed by atoms with Gasteiger partial charge in [0.05, 0.1) is 6.42 Å². The highest BCUT2D eigenvalue weighted by Crippen LogP contribution is 2.19. The molecule has 13 heavy (non-hydrogen) atoms. The standard InChI is InChI=1S/C7H7F3O2S/c1-2-3-13-6(12)4-5(11)7(8,9)10/h2H,1,3-4H2. The summed E-state index contributed by atoms with van der Waals surface area (Å²) in [6.07, 6.45) is -4.63. The number of halogens is 3. The van der Waals surface area contributed by atoms with Crippen molar-refractivity contribution in [1.82, 2.24) is 0 Å². The number of hydrogen-bond donors (Lipinski definition) is 0.